The van der Waals surface area contributed by atoms with Gasteiger partial charge in [-0.1, -0.05) is 72.8 Å². The van der Waals surface area contributed by atoms with Crippen LogP contribution in [0.25, 0.3) is 0 Å². The highest BCUT2D eigenvalue weighted by molar-refractivity contribution is 6.11. The molecular weight excluding hydrogens is 431 g/mol. The summed E-state index contributed by atoms with van der Waals surface area (Å²) in [7, 11) is 1.24. The second-order valence-corrected chi connectivity index (χ2v) is 7.66. The number of ether oxygens (including phenoxy) is 1. The van der Waals surface area contributed by atoms with Gasteiger partial charge in [0.15, 0.2) is 11.3 Å². The molecule has 0 aromatic heterocycles. The van der Waals surface area contributed by atoms with E-state index in [1.54, 1.807) is 60.7 Å². The molecule has 0 amide bonds. The van der Waals surface area contributed by atoms with Crippen LogP contribution in [0, 0.1) is 0 Å². The van der Waals surface area contributed by atoms with Crippen molar-refractivity contribution in [3.63, 3.8) is 0 Å². The summed E-state index contributed by atoms with van der Waals surface area (Å²) in [6, 6.07) is 20.9. The Morgan fingerprint density at radius 3 is 2.00 bits per heavy atom. The SMILES string of the molecule is COC(=O)[C@]1(c2ccccc2)C=C(C(=O)c2ccccc2)[C@H](c2ccc(C(F)(F)F)cc2)N1. The molecule has 3 aromatic carbocycles. The summed E-state index contributed by atoms with van der Waals surface area (Å²) in [4.78, 5) is 26.5. The number of carbonyl (C=O) groups is 2. The number of Topliss-reactive ketones (excluding diaryl/α,β-unsaturated/α-hetero) is 1. The Balaban J connectivity index is 1.86. The summed E-state index contributed by atoms with van der Waals surface area (Å²) in [5.41, 5.74) is -0.675. The van der Waals surface area contributed by atoms with Crippen molar-refractivity contribution in [1.29, 1.82) is 0 Å². The van der Waals surface area contributed by atoms with Crippen molar-refractivity contribution in [3.8, 4) is 0 Å². The van der Waals surface area contributed by atoms with Crippen molar-refractivity contribution in [3.05, 3.63) is 119 Å². The average Bonchev–Trinajstić information content (AvgIpc) is 3.26. The van der Waals surface area contributed by atoms with Gasteiger partial charge >= 0.3 is 12.1 Å². The van der Waals surface area contributed by atoms with E-state index in [4.69, 9.17) is 4.74 Å². The van der Waals surface area contributed by atoms with Gasteiger partial charge in [-0.3, -0.25) is 10.1 Å². The molecule has 0 fully saturated rings. The minimum Gasteiger partial charge on any atom is -0.467 e. The highest BCUT2D eigenvalue weighted by Gasteiger charge is 2.48. The number of esters is 1. The van der Waals surface area contributed by atoms with Gasteiger partial charge in [-0.05, 0) is 29.3 Å². The number of hydrogen-bond acceptors (Lipinski definition) is 4. The van der Waals surface area contributed by atoms with Gasteiger partial charge in [0.05, 0.1) is 18.7 Å². The van der Waals surface area contributed by atoms with Crippen molar-refractivity contribution in [2.75, 3.05) is 7.11 Å². The summed E-state index contributed by atoms with van der Waals surface area (Å²) in [5.74, 6) is -0.976. The Kier molecular flexibility index (Phi) is 5.91. The summed E-state index contributed by atoms with van der Waals surface area (Å²) in [6.07, 6.45) is -2.97. The zero-order valence-electron chi connectivity index (χ0n) is 17.6. The fourth-order valence-corrected chi connectivity index (χ4v) is 4.01. The standard InChI is InChI=1S/C26H20F3NO3/c1-33-24(32)25(19-10-6-3-7-11-19)16-21(23(31)18-8-4-2-5-9-18)22(30-25)17-12-14-20(15-13-17)26(27,28)29/h2-16,22,30H,1H3/t22-,25+/m0/s1. The second-order valence-electron chi connectivity index (χ2n) is 7.66. The molecule has 0 saturated carbocycles. The molecule has 4 rings (SSSR count). The Morgan fingerprint density at radius 2 is 1.45 bits per heavy atom. The zero-order chi connectivity index (χ0) is 23.6. The molecule has 0 spiro atoms. The van der Waals surface area contributed by atoms with E-state index in [9.17, 15) is 22.8 Å². The van der Waals surface area contributed by atoms with Crippen LogP contribution in [0.5, 0.6) is 0 Å². The van der Waals surface area contributed by atoms with Gasteiger partial charge < -0.3 is 4.74 Å². The van der Waals surface area contributed by atoms with Gasteiger partial charge in [-0.15, -0.1) is 0 Å². The molecular formula is C26H20F3NO3. The minimum atomic E-state index is -4.49. The number of benzene rings is 3. The van der Waals surface area contributed by atoms with Crippen LogP contribution in [-0.2, 0) is 21.2 Å². The second kappa shape index (κ2) is 8.67. The van der Waals surface area contributed by atoms with Crippen LogP contribution in [0.3, 0.4) is 0 Å². The summed E-state index contributed by atoms with van der Waals surface area (Å²) in [6.45, 7) is 0. The molecule has 7 heteroatoms. The Morgan fingerprint density at radius 1 is 0.879 bits per heavy atom. The van der Waals surface area contributed by atoms with Crippen molar-refractivity contribution >= 4 is 11.8 Å². The summed E-state index contributed by atoms with van der Waals surface area (Å²) < 4.78 is 44.3. The third-order valence-corrected chi connectivity index (χ3v) is 5.66. The fourth-order valence-electron chi connectivity index (χ4n) is 4.01. The number of ketones is 1. The van der Waals surface area contributed by atoms with Crippen molar-refractivity contribution in [1.82, 2.24) is 5.32 Å². The van der Waals surface area contributed by atoms with E-state index in [0.29, 0.717) is 16.7 Å². The molecule has 0 bridgehead atoms. The van der Waals surface area contributed by atoms with Crippen LogP contribution in [0.4, 0.5) is 13.2 Å². The van der Waals surface area contributed by atoms with Crippen LogP contribution in [0.1, 0.15) is 33.1 Å². The predicted octanol–water partition coefficient (Wildman–Crippen LogP) is 5.23. The van der Waals surface area contributed by atoms with Crippen LogP contribution < -0.4 is 5.32 Å². The highest BCUT2D eigenvalue weighted by atomic mass is 19.4. The van der Waals surface area contributed by atoms with E-state index in [2.05, 4.69) is 5.32 Å². The molecule has 1 N–H and O–H groups in total. The van der Waals surface area contributed by atoms with Crippen LogP contribution in [0.2, 0.25) is 0 Å². The number of hydrogen-bond donors (Lipinski definition) is 1. The van der Waals surface area contributed by atoms with Gasteiger partial charge in [-0.25, -0.2) is 4.79 Å². The molecule has 3 aromatic rings. The Hall–Kier alpha value is -3.71. The van der Waals surface area contributed by atoms with Gasteiger partial charge in [0, 0.05) is 11.1 Å². The third kappa shape index (κ3) is 4.19. The number of rotatable bonds is 5. The predicted molar refractivity (Wildman–Crippen MR) is 116 cm³/mol. The maximum absolute atomic E-state index is 13.4. The lowest BCUT2D eigenvalue weighted by atomic mass is 9.89. The van der Waals surface area contributed by atoms with Crippen molar-refractivity contribution in [2.24, 2.45) is 0 Å². The number of halogens is 3. The quantitative estimate of drug-likeness (QED) is 0.427. The largest absolute Gasteiger partial charge is 0.467 e. The van der Waals surface area contributed by atoms with Gasteiger partial charge in [0.2, 0.25) is 0 Å². The van der Waals surface area contributed by atoms with Gasteiger partial charge in [0.1, 0.15) is 0 Å². The van der Waals surface area contributed by atoms with Crippen molar-refractivity contribution in [2.45, 2.75) is 17.8 Å². The number of alkyl halides is 3. The smallest absolute Gasteiger partial charge is 0.416 e. The lowest BCUT2D eigenvalue weighted by molar-refractivity contribution is -0.146. The first-order valence-electron chi connectivity index (χ1n) is 10.2. The van der Waals surface area contributed by atoms with E-state index in [1.165, 1.54) is 25.3 Å². The monoisotopic (exact) mass is 451 g/mol. The maximum Gasteiger partial charge on any atom is 0.416 e. The van der Waals surface area contributed by atoms with Crippen molar-refractivity contribution < 1.29 is 27.5 Å². The molecule has 4 nitrogen and oxygen atoms in total. The summed E-state index contributed by atoms with van der Waals surface area (Å²) in [5, 5.41) is 3.18. The molecule has 0 radical (unpaired) electrons. The Labute approximate surface area is 188 Å². The number of nitrogens with one attached hydrogen (secondary N) is 1. The molecule has 2 atom stereocenters. The first-order valence-corrected chi connectivity index (χ1v) is 10.2. The van der Waals surface area contributed by atoms with Crippen LogP contribution in [0.15, 0.2) is 96.6 Å². The van der Waals surface area contributed by atoms with E-state index in [0.717, 1.165) is 12.1 Å². The van der Waals surface area contributed by atoms with Gasteiger partial charge in [0.25, 0.3) is 0 Å². The first kappa shape index (κ1) is 22.5. The molecule has 0 saturated heterocycles. The topological polar surface area (TPSA) is 55.4 Å². The van der Waals surface area contributed by atoms with E-state index in [1.807, 2.05) is 0 Å². The molecule has 33 heavy (non-hydrogen) atoms. The van der Waals surface area contributed by atoms with Crippen LogP contribution >= 0.6 is 0 Å². The normalized spacial score (nSPS) is 20.2. The van der Waals surface area contributed by atoms with E-state index in [-0.39, 0.29) is 11.4 Å². The first-order chi connectivity index (χ1) is 15.8. The average molecular weight is 451 g/mol. The molecule has 1 aliphatic heterocycles. The minimum absolute atomic E-state index is 0.246. The number of methoxy groups -OCH3 is 1. The maximum atomic E-state index is 13.4. The zero-order valence-corrected chi connectivity index (χ0v) is 17.6. The number of carbonyl (C=O) groups excluding carboxylic acids is 2. The van der Waals surface area contributed by atoms with E-state index >= 15 is 0 Å². The van der Waals surface area contributed by atoms with Crippen LogP contribution in [-0.4, -0.2) is 18.9 Å². The highest BCUT2D eigenvalue weighted by Crippen LogP contribution is 2.41. The lowest BCUT2D eigenvalue weighted by Gasteiger charge is -2.28. The third-order valence-electron chi connectivity index (χ3n) is 5.66. The Bertz CT molecular complexity index is 1190. The molecule has 168 valence electrons. The summed E-state index contributed by atoms with van der Waals surface area (Å²) >= 11 is 0. The molecule has 1 aliphatic rings. The molecule has 1 heterocycles. The molecule has 0 aliphatic carbocycles. The fraction of sp³-hybridized carbons (Fsp3) is 0.154. The lowest BCUT2D eigenvalue weighted by Crippen LogP contribution is -2.46. The van der Waals surface area contributed by atoms with Gasteiger partial charge in [-0.2, -0.15) is 13.2 Å². The molecule has 0 unspecified atom stereocenters. The van der Waals surface area contributed by atoms with E-state index < -0.39 is 29.3 Å².